The lowest BCUT2D eigenvalue weighted by molar-refractivity contribution is 0.100. The van der Waals surface area contributed by atoms with Crippen molar-refractivity contribution < 1.29 is 9.53 Å². The molecule has 0 aliphatic heterocycles. The van der Waals surface area contributed by atoms with Crippen molar-refractivity contribution in [1.82, 2.24) is 14.8 Å². The summed E-state index contributed by atoms with van der Waals surface area (Å²) in [5, 5.41) is 3.97. The molecule has 2 heterocycles. The molecular formula is C10H11N5O2. The van der Waals surface area contributed by atoms with Crippen LogP contribution in [0.2, 0.25) is 0 Å². The zero-order valence-electron chi connectivity index (χ0n) is 9.12. The average Bonchev–Trinajstić information content (AvgIpc) is 2.79. The molecule has 88 valence electrons. The van der Waals surface area contributed by atoms with Gasteiger partial charge in [-0.05, 0) is 12.1 Å². The van der Waals surface area contributed by atoms with Crippen LogP contribution in [0.15, 0.2) is 24.5 Å². The van der Waals surface area contributed by atoms with Gasteiger partial charge in [0.25, 0.3) is 5.91 Å². The molecule has 0 bridgehead atoms. The van der Waals surface area contributed by atoms with E-state index in [0.29, 0.717) is 22.9 Å². The van der Waals surface area contributed by atoms with Gasteiger partial charge in [-0.2, -0.15) is 10.1 Å². The highest BCUT2D eigenvalue weighted by molar-refractivity contribution is 5.92. The summed E-state index contributed by atoms with van der Waals surface area (Å²) in [6, 6.07) is 3.31. The van der Waals surface area contributed by atoms with Crippen LogP contribution in [0.3, 0.4) is 0 Å². The maximum absolute atomic E-state index is 10.9. The topological polar surface area (TPSA) is 109 Å². The molecule has 7 nitrogen and oxygen atoms in total. The summed E-state index contributed by atoms with van der Waals surface area (Å²) in [6.07, 6.45) is 2.85. The quantitative estimate of drug-likeness (QED) is 0.772. The van der Waals surface area contributed by atoms with E-state index in [0.717, 1.165) is 0 Å². The molecule has 0 spiro atoms. The molecule has 0 aromatic carbocycles. The summed E-state index contributed by atoms with van der Waals surface area (Å²) >= 11 is 0. The van der Waals surface area contributed by atoms with Crippen LogP contribution in [0, 0.1) is 0 Å². The molecule has 0 unspecified atom stereocenters. The van der Waals surface area contributed by atoms with Gasteiger partial charge in [0.2, 0.25) is 5.88 Å². The number of aromatic nitrogens is 3. The van der Waals surface area contributed by atoms with Crippen molar-refractivity contribution in [3.63, 3.8) is 0 Å². The molecule has 0 saturated carbocycles. The number of ether oxygens (including phenoxy) is 1. The Bertz CT molecular complexity index is 564. The lowest BCUT2D eigenvalue weighted by Crippen LogP contribution is -2.09. The summed E-state index contributed by atoms with van der Waals surface area (Å²) in [5.74, 6) is 0.251. The molecule has 7 heteroatoms. The van der Waals surface area contributed by atoms with E-state index >= 15 is 0 Å². The fraction of sp³-hybridized carbons (Fsp3) is 0.100. The highest BCUT2D eigenvalue weighted by atomic mass is 16.5. The van der Waals surface area contributed by atoms with Gasteiger partial charge in [-0.15, -0.1) is 0 Å². The number of rotatable bonds is 3. The van der Waals surface area contributed by atoms with E-state index in [1.807, 2.05) is 0 Å². The molecule has 1 amide bonds. The number of nitrogens with two attached hydrogens (primary N) is 2. The second-order valence-corrected chi connectivity index (χ2v) is 3.31. The molecule has 0 fully saturated rings. The molecule has 0 aliphatic carbocycles. The second-order valence-electron chi connectivity index (χ2n) is 3.31. The van der Waals surface area contributed by atoms with Gasteiger partial charge >= 0.3 is 0 Å². The van der Waals surface area contributed by atoms with E-state index in [1.54, 1.807) is 12.1 Å². The number of primary amides is 1. The van der Waals surface area contributed by atoms with Crippen LogP contribution in [0.1, 0.15) is 10.4 Å². The smallest absolute Gasteiger partial charge is 0.251 e. The van der Waals surface area contributed by atoms with E-state index < -0.39 is 5.91 Å². The first kappa shape index (κ1) is 10.9. The van der Waals surface area contributed by atoms with E-state index in [1.165, 1.54) is 24.2 Å². The summed E-state index contributed by atoms with van der Waals surface area (Å²) in [5.41, 5.74) is 11.5. The van der Waals surface area contributed by atoms with E-state index in [4.69, 9.17) is 16.2 Å². The molecule has 2 aromatic rings. The first-order valence-corrected chi connectivity index (χ1v) is 4.77. The van der Waals surface area contributed by atoms with Crippen LogP contribution in [-0.2, 0) is 0 Å². The van der Waals surface area contributed by atoms with Crippen molar-refractivity contribution in [2.75, 3.05) is 12.8 Å². The highest BCUT2D eigenvalue weighted by Gasteiger charge is 2.08. The molecule has 0 aliphatic rings. The molecular weight excluding hydrogens is 222 g/mol. The Morgan fingerprint density at radius 1 is 1.47 bits per heavy atom. The van der Waals surface area contributed by atoms with Gasteiger partial charge in [-0.25, -0.2) is 4.68 Å². The van der Waals surface area contributed by atoms with Crippen LogP contribution >= 0.6 is 0 Å². The molecule has 0 atom stereocenters. The van der Waals surface area contributed by atoms with Gasteiger partial charge in [0.05, 0.1) is 24.6 Å². The number of anilines is 1. The van der Waals surface area contributed by atoms with Crippen LogP contribution in [0.25, 0.3) is 5.82 Å². The number of methoxy groups -OCH3 is 1. The molecule has 2 aromatic heterocycles. The number of amides is 1. The summed E-state index contributed by atoms with van der Waals surface area (Å²) in [7, 11) is 1.47. The predicted octanol–water partition coefficient (Wildman–Crippen LogP) is -0.0430. The lowest BCUT2D eigenvalue weighted by atomic mass is 10.3. The number of hydrogen-bond donors (Lipinski definition) is 2. The van der Waals surface area contributed by atoms with Gasteiger partial charge < -0.3 is 16.2 Å². The number of nitrogen functional groups attached to an aromatic ring is 1. The first-order valence-electron chi connectivity index (χ1n) is 4.77. The van der Waals surface area contributed by atoms with Crippen molar-refractivity contribution in [2.24, 2.45) is 5.73 Å². The lowest BCUT2D eigenvalue weighted by Gasteiger charge is -2.05. The standard InChI is InChI=1S/C10H11N5O2/c1-17-10-7(11)2-3-8(14-10)15-5-6(4-13-15)9(12)16/h2-5H,11H2,1H3,(H2,12,16). The monoisotopic (exact) mass is 233 g/mol. The van der Waals surface area contributed by atoms with Crippen LogP contribution < -0.4 is 16.2 Å². The van der Waals surface area contributed by atoms with Crippen LogP contribution in [0.4, 0.5) is 5.69 Å². The Kier molecular flexibility index (Phi) is 2.65. The SMILES string of the molecule is COc1nc(-n2cc(C(N)=O)cn2)ccc1N. The Morgan fingerprint density at radius 2 is 2.24 bits per heavy atom. The number of hydrogen-bond acceptors (Lipinski definition) is 5. The minimum absolute atomic E-state index is 0.304. The van der Waals surface area contributed by atoms with Gasteiger partial charge in [-0.1, -0.05) is 0 Å². The summed E-state index contributed by atoms with van der Waals surface area (Å²) < 4.78 is 6.41. The van der Waals surface area contributed by atoms with Crippen molar-refractivity contribution in [3.05, 3.63) is 30.1 Å². The number of nitrogens with zero attached hydrogens (tertiary/aromatic N) is 3. The minimum atomic E-state index is -0.543. The van der Waals surface area contributed by atoms with Crippen LogP contribution in [0.5, 0.6) is 5.88 Å². The molecule has 17 heavy (non-hydrogen) atoms. The van der Waals surface area contributed by atoms with Gasteiger partial charge in [0, 0.05) is 6.20 Å². The summed E-state index contributed by atoms with van der Waals surface area (Å²) in [4.78, 5) is 15.1. The van der Waals surface area contributed by atoms with Crippen molar-refractivity contribution in [2.45, 2.75) is 0 Å². The van der Waals surface area contributed by atoms with Crippen molar-refractivity contribution in [1.29, 1.82) is 0 Å². The third kappa shape index (κ3) is 2.03. The normalized spacial score (nSPS) is 10.2. The third-order valence-electron chi connectivity index (χ3n) is 2.17. The van der Waals surface area contributed by atoms with Crippen molar-refractivity contribution >= 4 is 11.6 Å². The number of pyridine rings is 1. The van der Waals surface area contributed by atoms with E-state index in [-0.39, 0.29) is 0 Å². The first-order chi connectivity index (χ1) is 8.11. The fourth-order valence-corrected chi connectivity index (χ4v) is 1.31. The van der Waals surface area contributed by atoms with Crippen LogP contribution in [-0.4, -0.2) is 27.8 Å². The maximum Gasteiger partial charge on any atom is 0.251 e. The number of carbonyl (C=O) groups is 1. The summed E-state index contributed by atoms with van der Waals surface area (Å²) in [6.45, 7) is 0. The Balaban J connectivity index is 2.42. The fourth-order valence-electron chi connectivity index (χ4n) is 1.31. The van der Waals surface area contributed by atoms with E-state index in [2.05, 4.69) is 10.1 Å². The number of carbonyl (C=O) groups excluding carboxylic acids is 1. The van der Waals surface area contributed by atoms with E-state index in [9.17, 15) is 4.79 Å². The van der Waals surface area contributed by atoms with Gasteiger partial charge in [0.1, 0.15) is 0 Å². The Morgan fingerprint density at radius 3 is 2.82 bits per heavy atom. The molecule has 0 radical (unpaired) electrons. The zero-order valence-corrected chi connectivity index (χ0v) is 9.12. The van der Waals surface area contributed by atoms with Gasteiger partial charge in [-0.3, -0.25) is 4.79 Å². The Labute approximate surface area is 97.0 Å². The Hall–Kier alpha value is -2.57. The third-order valence-corrected chi connectivity index (χ3v) is 2.17. The van der Waals surface area contributed by atoms with Crippen molar-refractivity contribution in [3.8, 4) is 11.7 Å². The molecule has 4 N–H and O–H groups in total. The zero-order chi connectivity index (χ0) is 12.4. The second kappa shape index (κ2) is 4.12. The minimum Gasteiger partial charge on any atom is -0.479 e. The molecule has 2 rings (SSSR count). The maximum atomic E-state index is 10.9. The highest BCUT2D eigenvalue weighted by Crippen LogP contribution is 2.19. The van der Waals surface area contributed by atoms with Gasteiger partial charge in [0.15, 0.2) is 5.82 Å². The largest absolute Gasteiger partial charge is 0.479 e. The predicted molar refractivity (Wildman–Crippen MR) is 60.8 cm³/mol. The molecule has 0 saturated heterocycles. The average molecular weight is 233 g/mol.